The average molecular weight is 204 g/mol. The molecule has 0 saturated carbocycles. The molecular weight excluding hydrogens is 184 g/mol. The van der Waals surface area contributed by atoms with Crippen molar-refractivity contribution in [3.8, 4) is 0 Å². The molecule has 0 fully saturated rings. The van der Waals surface area contributed by atoms with Crippen LogP contribution in [0.15, 0.2) is 0 Å². The van der Waals surface area contributed by atoms with E-state index in [2.05, 4.69) is 5.32 Å². The van der Waals surface area contributed by atoms with Gasteiger partial charge in [0.05, 0.1) is 12.1 Å². The third kappa shape index (κ3) is 6.82. The first-order chi connectivity index (χ1) is 6.57. The van der Waals surface area contributed by atoms with Crippen LogP contribution in [0.2, 0.25) is 0 Å². The number of rotatable bonds is 7. The molecule has 1 amide bonds. The van der Waals surface area contributed by atoms with E-state index in [1.165, 1.54) is 0 Å². The summed E-state index contributed by atoms with van der Waals surface area (Å²) >= 11 is 0. The highest BCUT2D eigenvalue weighted by molar-refractivity contribution is 5.81. The number of aliphatic hydroxyl groups excluding tert-OH is 1. The van der Waals surface area contributed by atoms with Crippen molar-refractivity contribution < 1.29 is 14.6 Å². The molecule has 5 heteroatoms. The van der Waals surface area contributed by atoms with Crippen molar-refractivity contribution in [2.45, 2.75) is 31.9 Å². The van der Waals surface area contributed by atoms with Crippen LogP contribution in [0, 0.1) is 0 Å². The van der Waals surface area contributed by atoms with E-state index in [0.29, 0.717) is 13.0 Å². The summed E-state index contributed by atoms with van der Waals surface area (Å²) < 4.78 is 4.84. The standard InChI is InChI=1S/C9H20N2O3/c1-7(12)6-11-9(13)8(10)4-3-5-14-2/h7-8,12H,3-6,10H2,1-2H3,(H,11,13)/t7-,8?/m0/s1. The molecule has 0 aromatic heterocycles. The average Bonchev–Trinajstić information content (AvgIpc) is 2.14. The van der Waals surface area contributed by atoms with Gasteiger partial charge in [0, 0.05) is 20.3 Å². The lowest BCUT2D eigenvalue weighted by molar-refractivity contribution is -0.123. The predicted octanol–water partition coefficient (Wildman–Crippen LogP) is -0.763. The van der Waals surface area contributed by atoms with Crippen molar-refractivity contribution in [2.24, 2.45) is 5.73 Å². The molecule has 0 aliphatic rings. The molecule has 0 radical (unpaired) electrons. The van der Waals surface area contributed by atoms with Gasteiger partial charge in [-0.1, -0.05) is 0 Å². The number of carbonyl (C=O) groups is 1. The number of carbonyl (C=O) groups excluding carboxylic acids is 1. The van der Waals surface area contributed by atoms with E-state index in [-0.39, 0.29) is 12.5 Å². The summed E-state index contributed by atoms with van der Waals surface area (Å²) in [6.07, 6.45) is 0.823. The van der Waals surface area contributed by atoms with Crippen molar-refractivity contribution in [1.82, 2.24) is 5.32 Å². The largest absolute Gasteiger partial charge is 0.392 e. The Balaban J connectivity index is 3.54. The van der Waals surface area contributed by atoms with Crippen LogP contribution in [-0.2, 0) is 9.53 Å². The molecule has 0 aliphatic carbocycles. The summed E-state index contributed by atoms with van der Waals surface area (Å²) in [5, 5.41) is 11.5. The topological polar surface area (TPSA) is 84.6 Å². The van der Waals surface area contributed by atoms with E-state index in [9.17, 15) is 4.79 Å². The molecule has 2 atom stereocenters. The molecule has 84 valence electrons. The zero-order valence-electron chi connectivity index (χ0n) is 8.82. The van der Waals surface area contributed by atoms with E-state index in [1.54, 1.807) is 14.0 Å². The van der Waals surface area contributed by atoms with Crippen LogP contribution in [0.4, 0.5) is 0 Å². The second-order valence-electron chi connectivity index (χ2n) is 3.34. The lowest BCUT2D eigenvalue weighted by atomic mass is 10.1. The van der Waals surface area contributed by atoms with Gasteiger partial charge in [0.25, 0.3) is 0 Å². The Morgan fingerprint density at radius 3 is 2.79 bits per heavy atom. The molecule has 0 rings (SSSR count). The Morgan fingerprint density at radius 2 is 2.29 bits per heavy atom. The summed E-state index contributed by atoms with van der Waals surface area (Å²) in [5.41, 5.74) is 5.59. The second-order valence-corrected chi connectivity index (χ2v) is 3.34. The molecule has 0 aliphatic heterocycles. The monoisotopic (exact) mass is 204 g/mol. The minimum absolute atomic E-state index is 0.220. The minimum atomic E-state index is -0.537. The van der Waals surface area contributed by atoms with Gasteiger partial charge >= 0.3 is 0 Å². The van der Waals surface area contributed by atoms with Gasteiger partial charge in [0.2, 0.25) is 5.91 Å². The van der Waals surface area contributed by atoms with E-state index in [1.807, 2.05) is 0 Å². The fraction of sp³-hybridized carbons (Fsp3) is 0.889. The van der Waals surface area contributed by atoms with Gasteiger partial charge < -0.3 is 20.9 Å². The second kappa shape index (κ2) is 7.73. The number of nitrogens with two attached hydrogens (primary N) is 1. The summed E-state index contributed by atoms with van der Waals surface area (Å²) in [4.78, 5) is 11.3. The maximum absolute atomic E-state index is 11.3. The van der Waals surface area contributed by atoms with E-state index >= 15 is 0 Å². The molecule has 5 nitrogen and oxygen atoms in total. The predicted molar refractivity (Wildman–Crippen MR) is 53.8 cm³/mol. The molecule has 1 unspecified atom stereocenters. The Kier molecular flexibility index (Phi) is 7.37. The van der Waals surface area contributed by atoms with Crippen LogP contribution in [0.5, 0.6) is 0 Å². The lowest BCUT2D eigenvalue weighted by Gasteiger charge is -2.12. The number of aliphatic hydroxyl groups is 1. The van der Waals surface area contributed by atoms with Crippen LogP contribution in [-0.4, -0.2) is 43.4 Å². The van der Waals surface area contributed by atoms with Gasteiger partial charge in [-0.05, 0) is 19.8 Å². The molecule has 0 aromatic rings. The molecule has 0 aromatic carbocycles. The number of hydrogen-bond donors (Lipinski definition) is 3. The molecule has 4 N–H and O–H groups in total. The Hall–Kier alpha value is -0.650. The lowest BCUT2D eigenvalue weighted by Crippen LogP contribution is -2.43. The quantitative estimate of drug-likeness (QED) is 0.476. The first kappa shape index (κ1) is 13.4. The van der Waals surface area contributed by atoms with Crippen molar-refractivity contribution >= 4 is 5.91 Å². The Morgan fingerprint density at radius 1 is 1.64 bits per heavy atom. The third-order valence-electron chi connectivity index (χ3n) is 1.77. The smallest absolute Gasteiger partial charge is 0.237 e. The summed E-state index contributed by atoms with van der Waals surface area (Å²) in [6.45, 7) is 2.46. The molecule has 0 heterocycles. The van der Waals surface area contributed by atoms with Gasteiger partial charge in [-0.15, -0.1) is 0 Å². The molecule has 14 heavy (non-hydrogen) atoms. The molecular formula is C9H20N2O3. The van der Waals surface area contributed by atoms with Gasteiger partial charge in [-0.3, -0.25) is 4.79 Å². The van der Waals surface area contributed by atoms with Crippen LogP contribution < -0.4 is 11.1 Å². The zero-order chi connectivity index (χ0) is 11.0. The highest BCUT2D eigenvalue weighted by atomic mass is 16.5. The van der Waals surface area contributed by atoms with E-state index in [4.69, 9.17) is 15.6 Å². The highest BCUT2D eigenvalue weighted by Crippen LogP contribution is 1.94. The minimum Gasteiger partial charge on any atom is -0.392 e. The van der Waals surface area contributed by atoms with Crippen molar-refractivity contribution in [2.75, 3.05) is 20.3 Å². The van der Waals surface area contributed by atoms with Gasteiger partial charge in [-0.2, -0.15) is 0 Å². The SMILES string of the molecule is COCCCC(N)C(=O)NC[C@H](C)O. The molecule has 0 spiro atoms. The van der Waals surface area contributed by atoms with Gasteiger partial charge in [0.15, 0.2) is 0 Å². The Labute approximate surface area is 84.6 Å². The van der Waals surface area contributed by atoms with Gasteiger partial charge in [0.1, 0.15) is 0 Å². The molecule has 0 bridgehead atoms. The van der Waals surface area contributed by atoms with E-state index < -0.39 is 12.1 Å². The maximum atomic E-state index is 11.3. The fourth-order valence-corrected chi connectivity index (χ4v) is 0.958. The molecule has 0 saturated heterocycles. The third-order valence-corrected chi connectivity index (χ3v) is 1.77. The Bertz CT molecular complexity index is 162. The van der Waals surface area contributed by atoms with Crippen LogP contribution in [0.25, 0.3) is 0 Å². The maximum Gasteiger partial charge on any atom is 0.237 e. The summed E-state index contributed by atoms with van der Waals surface area (Å²) in [7, 11) is 1.61. The number of amides is 1. The summed E-state index contributed by atoms with van der Waals surface area (Å²) in [5.74, 6) is -0.220. The number of nitrogens with one attached hydrogen (secondary N) is 1. The van der Waals surface area contributed by atoms with Crippen molar-refractivity contribution in [1.29, 1.82) is 0 Å². The van der Waals surface area contributed by atoms with Crippen molar-refractivity contribution in [3.05, 3.63) is 0 Å². The van der Waals surface area contributed by atoms with Crippen molar-refractivity contribution in [3.63, 3.8) is 0 Å². The number of hydrogen-bond acceptors (Lipinski definition) is 4. The van der Waals surface area contributed by atoms with Crippen LogP contribution in [0.1, 0.15) is 19.8 Å². The van der Waals surface area contributed by atoms with Crippen LogP contribution >= 0.6 is 0 Å². The number of ether oxygens (including phenoxy) is 1. The first-order valence-electron chi connectivity index (χ1n) is 4.78. The van der Waals surface area contributed by atoms with Gasteiger partial charge in [-0.25, -0.2) is 0 Å². The fourth-order valence-electron chi connectivity index (χ4n) is 0.958. The summed E-state index contributed by atoms with van der Waals surface area (Å²) in [6, 6.07) is -0.510. The normalized spacial score (nSPS) is 14.9. The zero-order valence-corrected chi connectivity index (χ0v) is 8.82. The van der Waals surface area contributed by atoms with Crippen LogP contribution in [0.3, 0.4) is 0 Å². The van der Waals surface area contributed by atoms with E-state index in [0.717, 1.165) is 6.42 Å². The first-order valence-corrected chi connectivity index (χ1v) is 4.78. The number of methoxy groups -OCH3 is 1. The highest BCUT2D eigenvalue weighted by Gasteiger charge is 2.12.